The maximum absolute atomic E-state index is 12.5. The summed E-state index contributed by atoms with van der Waals surface area (Å²) in [6, 6.07) is 9.67. The van der Waals surface area contributed by atoms with Crippen molar-refractivity contribution in [2.24, 2.45) is 17.8 Å². The fraction of sp³-hybridized carbons (Fsp3) is 0.524. The van der Waals surface area contributed by atoms with Crippen LogP contribution in [0.25, 0.3) is 0 Å². The van der Waals surface area contributed by atoms with Crippen LogP contribution in [0.15, 0.2) is 36.0 Å². The summed E-state index contributed by atoms with van der Waals surface area (Å²) >= 11 is 0. The van der Waals surface area contributed by atoms with Gasteiger partial charge in [-0.2, -0.15) is 5.26 Å². The fourth-order valence-corrected chi connectivity index (χ4v) is 5.56. The molecule has 4 nitrogen and oxygen atoms in total. The molecular formula is C21H25N3O. The van der Waals surface area contributed by atoms with Crippen molar-refractivity contribution in [2.75, 3.05) is 5.32 Å². The molecule has 4 fully saturated rings. The molecular weight excluding hydrogens is 310 g/mol. The summed E-state index contributed by atoms with van der Waals surface area (Å²) in [7, 11) is 0. The summed E-state index contributed by atoms with van der Waals surface area (Å²) < 4.78 is 0. The van der Waals surface area contributed by atoms with E-state index in [4.69, 9.17) is 0 Å². The predicted octanol–water partition coefficient (Wildman–Crippen LogP) is 3.90. The second kappa shape index (κ2) is 6.22. The van der Waals surface area contributed by atoms with E-state index < -0.39 is 0 Å². The molecule has 0 heterocycles. The largest absolute Gasteiger partial charge is 0.384 e. The highest BCUT2D eigenvalue weighted by molar-refractivity contribution is 6.06. The van der Waals surface area contributed by atoms with E-state index in [0.29, 0.717) is 0 Å². The Morgan fingerprint density at radius 3 is 2.32 bits per heavy atom. The number of carbonyl (C=O) groups is 1. The molecule has 25 heavy (non-hydrogen) atoms. The standard InChI is InChI=1S/C21H25N3O/c1-14-4-2-3-5-19(14)24-20(25)18(12-22)13-23-21-9-15-6-16(10-21)8-17(7-15)11-21/h2-5,13,15-17,23H,6-11H2,1H3,(H,24,25)/b18-13-. The molecule has 0 aliphatic heterocycles. The normalized spacial score (nSPS) is 33.0. The quantitative estimate of drug-likeness (QED) is 0.648. The van der Waals surface area contributed by atoms with Crippen molar-refractivity contribution >= 4 is 11.6 Å². The summed E-state index contributed by atoms with van der Waals surface area (Å²) in [6.45, 7) is 1.94. The van der Waals surface area contributed by atoms with Gasteiger partial charge in [-0.3, -0.25) is 4.79 Å². The van der Waals surface area contributed by atoms with Gasteiger partial charge in [0.05, 0.1) is 0 Å². The molecule has 1 amide bonds. The molecule has 130 valence electrons. The molecule has 2 N–H and O–H groups in total. The molecule has 4 aliphatic carbocycles. The van der Waals surface area contributed by atoms with E-state index in [1.165, 1.54) is 38.5 Å². The lowest BCUT2D eigenvalue weighted by Gasteiger charge is -2.56. The molecule has 4 heteroatoms. The van der Waals surface area contributed by atoms with Crippen molar-refractivity contribution in [3.63, 3.8) is 0 Å². The summed E-state index contributed by atoms with van der Waals surface area (Å²) in [5.74, 6) is 2.16. The Kier molecular flexibility index (Phi) is 4.03. The lowest BCUT2D eigenvalue weighted by atomic mass is 9.53. The third-order valence-electron chi connectivity index (χ3n) is 6.32. The Morgan fingerprint density at radius 1 is 1.16 bits per heavy atom. The SMILES string of the molecule is Cc1ccccc1NC(=O)/C(C#N)=C\NC12CC3CC(CC(C3)C1)C2. The van der Waals surface area contributed by atoms with Gasteiger partial charge in [-0.25, -0.2) is 0 Å². The summed E-state index contributed by atoms with van der Waals surface area (Å²) in [5.41, 5.74) is 2.00. The molecule has 0 aromatic heterocycles. The minimum atomic E-state index is -0.339. The van der Waals surface area contributed by atoms with Gasteiger partial charge in [0.2, 0.25) is 0 Å². The van der Waals surface area contributed by atoms with E-state index in [-0.39, 0.29) is 17.0 Å². The van der Waals surface area contributed by atoms with Crippen molar-refractivity contribution in [2.45, 2.75) is 51.0 Å². The summed E-state index contributed by atoms with van der Waals surface area (Å²) in [5, 5.41) is 15.8. The van der Waals surface area contributed by atoms with Crippen LogP contribution in [0.3, 0.4) is 0 Å². The van der Waals surface area contributed by atoms with Crippen molar-refractivity contribution in [3.8, 4) is 6.07 Å². The van der Waals surface area contributed by atoms with Crippen LogP contribution in [0.1, 0.15) is 44.1 Å². The van der Waals surface area contributed by atoms with Crippen LogP contribution in [0, 0.1) is 36.0 Å². The Bertz CT molecular complexity index is 723. The van der Waals surface area contributed by atoms with Crippen LogP contribution >= 0.6 is 0 Å². The summed E-state index contributed by atoms with van der Waals surface area (Å²) in [4.78, 5) is 12.5. The number of nitriles is 1. The number of amides is 1. The minimum absolute atomic E-state index is 0.111. The van der Waals surface area contributed by atoms with Gasteiger partial charge in [-0.05, 0) is 74.8 Å². The molecule has 1 aromatic rings. The molecule has 0 radical (unpaired) electrons. The zero-order valence-electron chi connectivity index (χ0n) is 14.7. The smallest absolute Gasteiger partial charge is 0.267 e. The Balaban J connectivity index is 1.47. The average molecular weight is 335 g/mol. The van der Waals surface area contributed by atoms with Gasteiger partial charge in [0.25, 0.3) is 5.91 Å². The number of nitrogens with one attached hydrogen (secondary N) is 2. The van der Waals surface area contributed by atoms with E-state index in [1.807, 2.05) is 31.2 Å². The van der Waals surface area contributed by atoms with Crippen LogP contribution in [0.5, 0.6) is 0 Å². The molecule has 0 unspecified atom stereocenters. The van der Waals surface area contributed by atoms with Gasteiger partial charge in [0, 0.05) is 17.4 Å². The lowest BCUT2D eigenvalue weighted by molar-refractivity contribution is -0.112. The number of benzene rings is 1. The Labute approximate surface area is 149 Å². The first kappa shape index (κ1) is 16.2. The average Bonchev–Trinajstić information content (AvgIpc) is 2.56. The molecule has 4 saturated carbocycles. The topological polar surface area (TPSA) is 64.9 Å². The van der Waals surface area contributed by atoms with Gasteiger partial charge in [0.15, 0.2) is 0 Å². The molecule has 5 rings (SSSR count). The van der Waals surface area contributed by atoms with Gasteiger partial charge in [-0.1, -0.05) is 18.2 Å². The molecule has 4 bridgehead atoms. The predicted molar refractivity (Wildman–Crippen MR) is 97.5 cm³/mol. The summed E-state index contributed by atoms with van der Waals surface area (Å²) in [6.07, 6.45) is 9.37. The highest BCUT2D eigenvalue weighted by Crippen LogP contribution is 2.55. The number of hydrogen-bond donors (Lipinski definition) is 2. The van der Waals surface area contributed by atoms with Crippen LogP contribution in [0.2, 0.25) is 0 Å². The monoisotopic (exact) mass is 335 g/mol. The highest BCUT2D eigenvalue weighted by atomic mass is 16.1. The second-order valence-electron chi connectivity index (χ2n) is 8.28. The van der Waals surface area contributed by atoms with E-state index in [9.17, 15) is 10.1 Å². The van der Waals surface area contributed by atoms with Crippen molar-refractivity contribution in [1.82, 2.24) is 5.32 Å². The second-order valence-corrected chi connectivity index (χ2v) is 8.28. The fourth-order valence-electron chi connectivity index (χ4n) is 5.56. The number of aryl methyl sites for hydroxylation is 1. The third-order valence-corrected chi connectivity index (χ3v) is 6.32. The first-order chi connectivity index (χ1) is 12.1. The number of rotatable bonds is 4. The number of carbonyl (C=O) groups excluding carboxylic acids is 1. The maximum Gasteiger partial charge on any atom is 0.267 e. The zero-order valence-corrected chi connectivity index (χ0v) is 14.7. The first-order valence-corrected chi connectivity index (χ1v) is 9.32. The molecule has 4 aliphatic rings. The van der Waals surface area contributed by atoms with Crippen molar-refractivity contribution in [1.29, 1.82) is 5.26 Å². The number of nitrogens with zero attached hydrogens (tertiary/aromatic N) is 1. The van der Waals surface area contributed by atoms with Gasteiger partial charge in [-0.15, -0.1) is 0 Å². The van der Waals surface area contributed by atoms with E-state index in [2.05, 4.69) is 16.7 Å². The van der Waals surface area contributed by atoms with Crippen molar-refractivity contribution < 1.29 is 4.79 Å². The van der Waals surface area contributed by atoms with E-state index in [1.54, 1.807) is 6.20 Å². The van der Waals surface area contributed by atoms with Gasteiger partial charge in [0.1, 0.15) is 11.6 Å². The Hall–Kier alpha value is -2.28. The number of para-hydroxylation sites is 1. The zero-order chi connectivity index (χ0) is 17.4. The third kappa shape index (κ3) is 3.16. The van der Waals surface area contributed by atoms with Crippen molar-refractivity contribution in [3.05, 3.63) is 41.6 Å². The Morgan fingerprint density at radius 2 is 1.76 bits per heavy atom. The lowest BCUT2D eigenvalue weighted by Crippen LogP contribution is -2.57. The van der Waals surface area contributed by atoms with E-state index >= 15 is 0 Å². The maximum atomic E-state index is 12.5. The molecule has 0 spiro atoms. The van der Waals surface area contributed by atoms with Crippen LogP contribution in [-0.4, -0.2) is 11.4 Å². The van der Waals surface area contributed by atoms with Crippen LogP contribution in [-0.2, 0) is 4.79 Å². The molecule has 0 saturated heterocycles. The first-order valence-electron chi connectivity index (χ1n) is 9.32. The van der Waals surface area contributed by atoms with Crippen LogP contribution < -0.4 is 10.6 Å². The minimum Gasteiger partial charge on any atom is -0.384 e. The number of anilines is 1. The highest BCUT2D eigenvalue weighted by Gasteiger charge is 2.50. The van der Waals surface area contributed by atoms with Crippen LogP contribution in [0.4, 0.5) is 5.69 Å². The van der Waals surface area contributed by atoms with E-state index in [0.717, 1.165) is 29.0 Å². The van der Waals surface area contributed by atoms with Gasteiger partial charge < -0.3 is 10.6 Å². The molecule has 0 atom stereocenters. The molecule has 1 aromatic carbocycles. The van der Waals surface area contributed by atoms with Gasteiger partial charge >= 0.3 is 0 Å². The number of hydrogen-bond acceptors (Lipinski definition) is 3.